The van der Waals surface area contributed by atoms with Gasteiger partial charge in [-0.2, -0.15) is 5.11 Å². The van der Waals surface area contributed by atoms with E-state index in [9.17, 15) is 0 Å². The Morgan fingerprint density at radius 1 is 1.44 bits per heavy atom. The molecule has 1 rings (SSSR count). The molecule has 2 atom stereocenters. The van der Waals surface area contributed by atoms with Crippen LogP contribution in [0.25, 0.3) is 0 Å². The normalized spacial score (nSPS) is 34.3. The highest BCUT2D eigenvalue weighted by Gasteiger charge is 2.09. The molecule has 50 valence electrons. The Morgan fingerprint density at radius 2 is 2.22 bits per heavy atom. The maximum absolute atomic E-state index is 6.74. The lowest BCUT2D eigenvalue weighted by molar-refractivity contribution is 0.528. The number of rotatable bonds is 1. The molecule has 2 unspecified atom stereocenters. The number of nitrogens with one attached hydrogen (secondary N) is 1. The predicted octanol–water partition coefficient (Wildman–Crippen LogP) is 2.37. The first-order valence-corrected chi connectivity index (χ1v) is 3.38. The summed E-state index contributed by atoms with van der Waals surface area (Å²) in [5.74, 6) is 0.697. The van der Waals surface area contributed by atoms with Crippen molar-refractivity contribution in [2.24, 2.45) is 11.0 Å². The van der Waals surface area contributed by atoms with Crippen LogP contribution in [-0.2, 0) is 0 Å². The Balaban J connectivity index is 2.47. The molecular weight excluding hydrogens is 112 g/mol. The van der Waals surface area contributed by atoms with Gasteiger partial charge in [0.15, 0.2) is 0 Å². The Hall–Kier alpha value is -0.660. The number of allylic oxidation sites excluding steroid dienone is 1. The quantitative estimate of drug-likeness (QED) is 0.411. The van der Waals surface area contributed by atoms with E-state index in [4.69, 9.17) is 5.53 Å². The Bertz CT molecular complexity index is 129. The lowest BCUT2D eigenvalue weighted by Gasteiger charge is -2.14. The van der Waals surface area contributed by atoms with Gasteiger partial charge in [-0.15, -0.1) is 0 Å². The van der Waals surface area contributed by atoms with Gasteiger partial charge in [-0.1, -0.05) is 19.1 Å². The minimum absolute atomic E-state index is 0.182. The van der Waals surface area contributed by atoms with Crippen molar-refractivity contribution in [3.8, 4) is 0 Å². The van der Waals surface area contributed by atoms with Gasteiger partial charge in [-0.3, -0.25) is 0 Å². The largest absolute Gasteiger partial charge is 0.209 e. The third kappa shape index (κ3) is 1.63. The summed E-state index contributed by atoms with van der Waals surface area (Å²) in [5, 5.41) is 3.45. The molecule has 0 bridgehead atoms. The predicted molar refractivity (Wildman–Crippen MR) is 36.5 cm³/mol. The second kappa shape index (κ2) is 2.76. The van der Waals surface area contributed by atoms with Gasteiger partial charge in [0.05, 0.1) is 6.04 Å². The van der Waals surface area contributed by atoms with Gasteiger partial charge in [0.25, 0.3) is 0 Å². The first-order chi connectivity index (χ1) is 4.33. The van der Waals surface area contributed by atoms with Gasteiger partial charge in [-0.05, 0) is 18.8 Å². The van der Waals surface area contributed by atoms with Crippen molar-refractivity contribution in [3.05, 3.63) is 12.2 Å². The molecule has 0 radical (unpaired) electrons. The fraction of sp³-hybridized carbons (Fsp3) is 0.714. The van der Waals surface area contributed by atoms with Crippen LogP contribution >= 0.6 is 0 Å². The van der Waals surface area contributed by atoms with Crippen LogP contribution in [0, 0.1) is 11.4 Å². The minimum atomic E-state index is 0.182. The average molecular weight is 124 g/mol. The highest BCUT2D eigenvalue weighted by molar-refractivity contribution is 4.99. The lowest BCUT2D eigenvalue weighted by atomic mass is 9.95. The van der Waals surface area contributed by atoms with E-state index in [0.717, 1.165) is 6.42 Å². The standard InChI is InChI=1S/C7H12N2/c1-6-2-4-7(9-8)5-3-6/h2,4,6-8H,3,5H2,1H3. The minimum Gasteiger partial charge on any atom is -0.209 e. The van der Waals surface area contributed by atoms with Crippen molar-refractivity contribution < 1.29 is 0 Å². The maximum Gasteiger partial charge on any atom is 0.0886 e. The molecule has 9 heavy (non-hydrogen) atoms. The van der Waals surface area contributed by atoms with E-state index in [-0.39, 0.29) is 6.04 Å². The van der Waals surface area contributed by atoms with Crippen molar-refractivity contribution in [1.82, 2.24) is 0 Å². The van der Waals surface area contributed by atoms with Crippen LogP contribution in [0.15, 0.2) is 17.3 Å². The smallest absolute Gasteiger partial charge is 0.0886 e. The number of hydrogen-bond donors (Lipinski definition) is 1. The highest BCUT2D eigenvalue weighted by atomic mass is 15.0. The molecule has 0 spiro atoms. The summed E-state index contributed by atoms with van der Waals surface area (Å²) in [6.07, 6.45) is 6.41. The molecule has 2 heteroatoms. The highest BCUT2D eigenvalue weighted by Crippen LogP contribution is 2.18. The molecule has 2 nitrogen and oxygen atoms in total. The molecule has 0 aromatic heterocycles. The van der Waals surface area contributed by atoms with Crippen molar-refractivity contribution in [2.75, 3.05) is 0 Å². The van der Waals surface area contributed by atoms with Crippen LogP contribution in [0.1, 0.15) is 19.8 Å². The van der Waals surface area contributed by atoms with Crippen LogP contribution in [0.3, 0.4) is 0 Å². The third-order valence-electron chi connectivity index (χ3n) is 1.75. The van der Waals surface area contributed by atoms with E-state index >= 15 is 0 Å². The summed E-state index contributed by atoms with van der Waals surface area (Å²) in [6, 6.07) is 0.182. The van der Waals surface area contributed by atoms with Crippen molar-refractivity contribution in [3.63, 3.8) is 0 Å². The van der Waals surface area contributed by atoms with Crippen molar-refractivity contribution in [1.29, 1.82) is 5.53 Å². The maximum atomic E-state index is 6.74. The monoisotopic (exact) mass is 124 g/mol. The fourth-order valence-electron chi connectivity index (χ4n) is 1.05. The van der Waals surface area contributed by atoms with Gasteiger partial charge in [0.2, 0.25) is 0 Å². The second-order valence-corrected chi connectivity index (χ2v) is 2.64. The van der Waals surface area contributed by atoms with E-state index in [2.05, 4.69) is 18.1 Å². The lowest BCUT2D eigenvalue weighted by Crippen LogP contribution is -2.07. The molecule has 1 aliphatic rings. The van der Waals surface area contributed by atoms with E-state index in [1.807, 2.05) is 6.08 Å². The summed E-state index contributed by atoms with van der Waals surface area (Å²) in [6.45, 7) is 2.19. The van der Waals surface area contributed by atoms with Crippen LogP contribution < -0.4 is 0 Å². The van der Waals surface area contributed by atoms with E-state index in [0.29, 0.717) is 5.92 Å². The van der Waals surface area contributed by atoms with Crippen LogP contribution in [-0.4, -0.2) is 6.04 Å². The van der Waals surface area contributed by atoms with Crippen LogP contribution in [0.5, 0.6) is 0 Å². The van der Waals surface area contributed by atoms with Crippen molar-refractivity contribution >= 4 is 0 Å². The summed E-state index contributed by atoms with van der Waals surface area (Å²) in [5.41, 5.74) is 6.74. The molecule has 1 N–H and O–H groups in total. The molecule has 0 aromatic rings. The zero-order valence-corrected chi connectivity index (χ0v) is 5.67. The van der Waals surface area contributed by atoms with Gasteiger partial charge in [0.1, 0.15) is 0 Å². The number of hydrogen-bond acceptors (Lipinski definition) is 2. The fourth-order valence-corrected chi connectivity index (χ4v) is 1.05. The molecular formula is C7H12N2. The molecule has 0 saturated heterocycles. The zero-order chi connectivity index (χ0) is 6.69. The molecule has 0 saturated carbocycles. The third-order valence-corrected chi connectivity index (χ3v) is 1.75. The van der Waals surface area contributed by atoms with Gasteiger partial charge < -0.3 is 0 Å². The Morgan fingerprint density at radius 3 is 2.67 bits per heavy atom. The van der Waals surface area contributed by atoms with E-state index < -0.39 is 0 Å². The van der Waals surface area contributed by atoms with Crippen LogP contribution in [0.2, 0.25) is 0 Å². The topological polar surface area (TPSA) is 36.2 Å². The molecule has 1 aliphatic carbocycles. The van der Waals surface area contributed by atoms with E-state index in [1.54, 1.807) is 0 Å². The number of nitrogens with zero attached hydrogens (tertiary/aromatic N) is 1. The summed E-state index contributed by atoms with van der Waals surface area (Å²) in [7, 11) is 0. The Kier molecular flexibility index (Phi) is 1.98. The van der Waals surface area contributed by atoms with Gasteiger partial charge >= 0.3 is 0 Å². The molecule has 0 aromatic carbocycles. The molecule has 0 fully saturated rings. The molecule has 0 amide bonds. The van der Waals surface area contributed by atoms with Crippen molar-refractivity contribution in [2.45, 2.75) is 25.8 Å². The summed E-state index contributed by atoms with van der Waals surface area (Å²) < 4.78 is 0. The van der Waals surface area contributed by atoms with Crippen LogP contribution in [0.4, 0.5) is 0 Å². The summed E-state index contributed by atoms with van der Waals surface area (Å²) >= 11 is 0. The first kappa shape index (κ1) is 6.46. The molecule has 0 aliphatic heterocycles. The SMILES string of the molecule is CC1C=CC(N=N)CC1. The van der Waals surface area contributed by atoms with Gasteiger partial charge in [-0.25, -0.2) is 5.53 Å². The average Bonchev–Trinajstić information content (AvgIpc) is 1.90. The zero-order valence-electron chi connectivity index (χ0n) is 5.67. The van der Waals surface area contributed by atoms with Gasteiger partial charge in [0, 0.05) is 0 Å². The summed E-state index contributed by atoms with van der Waals surface area (Å²) in [4.78, 5) is 0. The Labute approximate surface area is 55.5 Å². The molecule has 0 heterocycles. The first-order valence-electron chi connectivity index (χ1n) is 3.38. The second-order valence-electron chi connectivity index (χ2n) is 2.64. The van der Waals surface area contributed by atoms with E-state index in [1.165, 1.54) is 6.42 Å².